The van der Waals surface area contributed by atoms with Gasteiger partial charge in [0, 0.05) is 25.3 Å². The highest BCUT2D eigenvalue weighted by molar-refractivity contribution is 6.03. The molecule has 6 nitrogen and oxygen atoms in total. The molecule has 0 saturated heterocycles. The third-order valence-corrected chi connectivity index (χ3v) is 3.67. The van der Waals surface area contributed by atoms with E-state index in [1.807, 2.05) is 52.2 Å². The fourth-order valence-corrected chi connectivity index (χ4v) is 2.06. The van der Waals surface area contributed by atoms with Crippen molar-refractivity contribution in [2.45, 2.75) is 19.8 Å². The lowest BCUT2D eigenvalue weighted by atomic mass is 10.1. The molecule has 0 N–H and O–H groups in total. The zero-order valence-electron chi connectivity index (χ0n) is 14.9. The number of aromatic nitrogens is 1. The monoisotopic (exact) mass is 331 g/mol. The number of hydrogen-bond acceptors (Lipinski definition) is 5. The number of rotatable bonds is 7. The fraction of sp³-hybridized carbons (Fsp3) is 0.444. The number of ether oxygens (including phenoxy) is 1. The average molecular weight is 331 g/mol. The molecule has 0 unspecified atom stereocenters. The molecule has 0 spiro atoms. The van der Waals surface area contributed by atoms with Crippen molar-refractivity contribution in [2.75, 3.05) is 39.2 Å². The van der Waals surface area contributed by atoms with Crippen LogP contribution in [0.2, 0.25) is 0 Å². The second-order valence-corrected chi connectivity index (χ2v) is 6.28. The largest absolute Gasteiger partial charge is 0.492 e. The number of likely N-dealkylation sites (N-methyl/N-ethyl adjacent to an activating group) is 1. The first-order valence-electron chi connectivity index (χ1n) is 8.00. The van der Waals surface area contributed by atoms with Gasteiger partial charge in [0.25, 0.3) is 5.91 Å². The third-order valence-electron chi connectivity index (χ3n) is 3.67. The van der Waals surface area contributed by atoms with Gasteiger partial charge < -0.3 is 19.1 Å². The Bertz CT molecular complexity index is 662. The second-order valence-electron chi connectivity index (χ2n) is 6.28. The molecule has 2 aromatic rings. The summed E-state index contributed by atoms with van der Waals surface area (Å²) in [5.74, 6) is 1.02. The number of anilines is 1. The molecule has 0 aliphatic carbocycles. The van der Waals surface area contributed by atoms with Crippen molar-refractivity contribution in [1.82, 2.24) is 10.1 Å². The topological polar surface area (TPSA) is 58.8 Å². The van der Waals surface area contributed by atoms with Crippen LogP contribution in [-0.4, -0.2) is 50.3 Å². The van der Waals surface area contributed by atoms with Crippen molar-refractivity contribution in [3.8, 4) is 5.75 Å². The first kappa shape index (κ1) is 18.0. The van der Waals surface area contributed by atoms with E-state index in [0.29, 0.717) is 6.61 Å². The minimum Gasteiger partial charge on any atom is -0.492 e. The summed E-state index contributed by atoms with van der Waals surface area (Å²) >= 11 is 0. The van der Waals surface area contributed by atoms with E-state index in [1.54, 1.807) is 13.1 Å². The van der Waals surface area contributed by atoms with Gasteiger partial charge in [0.15, 0.2) is 0 Å². The van der Waals surface area contributed by atoms with Crippen LogP contribution < -0.4 is 9.64 Å². The normalized spacial score (nSPS) is 11.1. The first-order valence-corrected chi connectivity index (χ1v) is 8.00. The Hall–Kier alpha value is -2.34. The minimum atomic E-state index is -0.226. The summed E-state index contributed by atoms with van der Waals surface area (Å²) in [6.45, 7) is 5.48. The number of nitrogens with zero attached hydrogens (tertiary/aromatic N) is 3. The van der Waals surface area contributed by atoms with Crippen molar-refractivity contribution < 1.29 is 14.1 Å². The minimum absolute atomic E-state index is 0.221. The number of carbonyl (C=O) groups excluding carboxylic acids is 1. The van der Waals surface area contributed by atoms with Gasteiger partial charge in [-0.25, -0.2) is 0 Å². The molecule has 0 bridgehead atoms. The van der Waals surface area contributed by atoms with E-state index < -0.39 is 0 Å². The summed E-state index contributed by atoms with van der Waals surface area (Å²) < 4.78 is 10.8. The SMILES string of the molecule is CC(C)c1cc(C(=O)N(C)c2ccc(OCCN(C)C)cc2)on1. The van der Waals surface area contributed by atoms with Gasteiger partial charge >= 0.3 is 0 Å². The van der Waals surface area contributed by atoms with Crippen LogP contribution >= 0.6 is 0 Å². The highest BCUT2D eigenvalue weighted by Crippen LogP contribution is 2.21. The number of amides is 1. The van der Waals surface area contributed by atoms with Crippen LogP contribution in [0.3, 0.4) is 0 Å². The van der Waals surface area contributed by atoms with Gasteiger partial charge in [-0.05, 0) is 44.3 Å². The molecule has 6 heteroatoms. The Kier molecular flexibility index (Phi) is 5.98. The van der Waals surface area contributed by atoms with E-state index in [-0.39, 0.29) is 17.6 Å². The lowest BCUT2D eigenvalue weighted by Crippen LogP contribution is -2.25. The lowest BCUT2D eigenvalue weighted by Gasteiger charge is -2.16. The molecule has 0 radical (unpaired) electrons. The molecule has 1 aromatic carbocycles. The Morgan fingerprint density at radius 3 is 2.42 bits per heavy atom. The smallest absolute Gasteiger partial charge is 0.296 e. The summed E-state index contributed by atoms with van der Waals surface area (Å²) in [6.07, 6.45) is 0. The zero-order chi connectivity index (χ0) is 17.7. The predicted molar refractivity (Wildman–Crippen MR) is 93.8 cm³/mol. The Balaban J connectivity index is 2.00. The molecular weight excluding hydrogens is 306 g/mol. The number of benzene rings is 1. The zero-order valence-corrected chi connectivity index (χ0v) is 14.9. The van der Waals surface area contributed by atoms with E-state index in [9.17, 15) is 4.79 Å². The summed E-state index contributed by atoms with van der Waals surface area (Å²) in [4.78, 5) is 16.1. The summed E-state index contributed by atoms with van der Waals surface area (Å²) in [6, 6.07) is 9.11. The molecule has 1 heterocycles. The second kappa shape index (κ2) is 7.97. The fourth-order valence-electron chi connectivity index (χ4n) is 2.06. The predicted octanol–water partition coefficient (Wildman–Crippen LogP) is 3.02. The molecule has 1 amide bonds. The summed E-state index contributed by atoms with van der Waals surface area (Å²) in [7, 11) is 5.71. The van der Waals surface area contributed by atoms with Crippen LogP contribution in [0.1, 0.15) is 36.0 Å². The van der Waals surface area contributed by atoms with Gasteiger partial charge in [0.05, 0.1) is 5.69 Å². The van der Waals surface area contributed by atoms with Crippen LogP contribution in [0.5, 0.6) is 5.75 Å². The molecule has 0 aliphatic rings. The van der Waals surface area contributed by atoms with Gasteiger partial charge in [0.2, 0.25) is 5.76 Å². The van der Waals surface area contributed by atoms with Crippen molar-refractivity contribution in [1.29, 1.82) is 0 Å². The molecule has 0 saturated carbocycles. The summed E-state index contributed by atoms with van der Waals surface area (Å²) in [5, 5.41) is 3.93. The average Bonchev–Trinajstić information content (AvgIpc) is 3.04. The number of carbonyl (C=O) groups is 1. The molecule has 0 aliphatic heterocycles. The van der Waals surface area contributed by atoms with Crippen molar-refractivity contribution in [3.05, 3.63) is 41.8 Å². The van der Waals surface area contributed by atoms with E-state index in [4.69, 9.17) is 9.26 Å². The van der Waals surface area contributed by atoms with Gasteiger partial charge in [-0.2, -0.15) is 0 Å². The van der Waals surface area contributed by atoms with Crippen LogP contribution in [0.25, 0.3) is 0 Å². The maximum atomic E-state index is 12.5. The van der Waals surface area contributed by atoms with Gasteiger partial charge in [-0.1, -0.05) is 19.0 Å². The molecule has 2 rings (SSSR count). The van der Waals surface area contributed by atoms with Crippen molar-refractivity contribution >= 4 is 11.6 Å². The maximum absolute atomic E-state index is 12.5. The first-order chi connectivity index (χ1) is 11.4. The Labute approximate surface area is 143 Å². The molecule has 0 fully saturated rings. The van der Waals surface area contributed by atoms with Crippen molar-refractivity contribution in [2.24, 2.45) is 0 Å². The van der Waals surface area contributed by atoms with E-state index in [1.165, 1.54) is 4.90 Å². The van der Waals surface area contributed by atoms with E-state index in [2.05, 4.69) is 10.1 Å². The lowest BCUT2D eigenvalue weighted by molar-refractivity contribution is 0.0957. The van der Waals surface area contributed by atoms with Crippen molar-refractivity contribution in [3.63, 3.8) is 0 Å². The summed E-state index contributed by atoms with van der Waals surface area (Å²) in [5.41, 5.74) is 1.54. The third kappa shape index (κ3) is 4.58. The molecule has 130 valence electrons. The van der Waals surface area contributed by atoms with Crippen LogP contribution in [0.15, 0.2) is 34.9 Å². The van der Waals surface area contributed by atoms with Gasteiger partial charge in [-0.3, -0.25) is 4.79 Å². The maximum Gasteiger partial charge on any atom is 0.296 e. The standard InChI is InChI=1S/C18H25N3O3/c1-13(2)16-12-17(24-19-16)18(22)21(5)14-6-8-15(9-7-14)23-11-10-20(3)4/h6-9,12-13H,10-11H2,1-5H3. The van der Waals surface area contributed by atoms with E-state index >= 15 is 0 Å². The number of hydrogen-bond donors (Lipinski definition) is 0. The Morgan fingerprint density at radius 1 is 1.21 bits per heavy atom. The Morgan fingerprint density at radius 2 is 1.88 bits per heavy atom. The molecule has 1 aromatic heterocycles. The molecule has 0 atom stereocenters. The van der Waals surface area contributed by atoms with Gasteiger partial charge in [0.1, 0.15) is 12.4 Å². The van der Waals surface area contributed by atoms with E-state index in [0.717, 1.165) is 23.7 Å². The molecular formula is C18H25N3O3. The highest BCUT2D eigenvalue weighted by atomic mass is 16.5. The van der Waals surface area contributed by atoms with Gasteiger partial charge in [-0.15, -0.1) is 0 Å². The van der Waals surface area contributed by atoms with Crippen LogP contribution in [0.4, 0.5) is 5.69 Å². The molecule has 24 heavy (non-hydrogen) atoms. The van der Waals surface area contributed by atoms with Crippen LogP contribution in [-0.2, 0) is 0 Å². The highest BCUT2D eigenvalue weighted by Gasteiger charge is 2.19. The van der Waals surface area contributed by atoms with Crippen LogP contribution in [0, 0.1) is 0 Å². The quantitative estimate of drug-likeness (QED) is 0.780.